The molecule has 0 saturated carbocycles. The summed E-state index contributed by atoms with van der Waals surface area (Å²) >= 11 is 5.95. The van der Waals surface area contributed by atoms with Gasteiger partial charge in [0.2, 0.25) is 0 Å². The molecule has 0 aliphatic heterocycles. The predicted molar refractivity (Wildman–Crippen MR) is 74.9 cm³/mol. The summed E-state index contributed by atoms with van der Waals surface area (Å²) < 4.78 is 26.5. The summed E-state index contributed by atoms with van der Waals surface area (Å²) in [4.78, 5) is 12.0. The maximum atomic E-state index is 13.6. The molecule has 0 heterocycles. The van der Waals surface area contributed by atoms with E-state index in [-0.39, 0.29) is 22.0 Å². The molecule has 0 spiro atoms. The molecule has 2 rings (SSSR count). The molecule has 3 nitrogen and oxygen atoms in total. The van der Waals surface area contributed by atoms with Crippen molar-refractivity contribution in [2.45, 2.75) is 6.92 Å². The number of halogens is 3. The average molecular weight is 297 g/mol. The highest BCUT2D eigenvalue weighted by atomic mass is 35.5. The molecule has 0 aliphatic carbocycles. The second-order valence-corrected chi connectivity index (χ2v) is 4.70. The van der Waals surface area contributed by atoms with Crippen LogP contribution in [-0.4, -0.2) is 5.91 Å². The quantitative estimate of drug-likeness (QED) is 0.829. The third kappa shape index (κ3) is 2.88. The SMILES string of the molecule is Cc1ccc(C(=O)Nc2c(N)cc(F)cc2F)c(Cl)c1. The summed E-state index contributed by atoms with van der Waals surface area (Å²) in [7, 11) is 0. The van der Waals surface area contributed by atoms with Crippen LogP contribution < -0.4 is 11.1 Å². The van der Waals surface area contributed by atoms with E-state index in [9.17, 15) is 13.6 Å². The van der Waals surface area contributed by atoms with Crippen molar-refractivity contribution in [1.29, 1.82) is 0 Å². The number of nitrogens with two attached hydrogens (primary N) is 1. The molecular formula is C14H11ClF2N2O. The molecule has 0 aliphatic rings. The Balaban J connectivity index is 2.33. The first-order chi connectivity index (χ1) is 9.38. The van der Waals surface area contributed by atoms with Crippen molar-refractivity contribution >= 4 is 28.9 Å². The number of carbonyl (C=O) groups is 1. The second kappa shape index (κ2) is 5.46. The first-order valence-electron chi connectivity index (χ1n) is 5.70. The Bertz CT molecular complexity index is 666. The smallest absolute Gasteiger partial charge is 0.257 e. The fourth-order valence-electron chi connectivity index (χ4n) is 1.71. The molecule has 1 amide bonds. The van der Waals surface area contributed by atoms with Crippen LogP contribution in [0.2, 0.25) is 5.02 Å². The Morgan fingerprint density at radius 3 is 2.55 bits per heavy atom. The molecule has 0 unspecified atom stereocenters. The van der Waals surface area contributed by atoms with Gasteiger partial charge in [-0.25, -0.2) is 8.78 Å². The van der Waals surface area contributed by atoms with E-state index in [4.69, 9.17) is 17.3 Å². The van der Waals surface area contributed by atoms with Crippen LogP contribution in [0.5, 0.6) is 0 Å². The van der Waals surface area contributed by atoms with Gasteiger partial charge in [-0.05, 0) is 30.7 Å². The van der Waals surface area contributed by atoms with Crippen LogP contribution in [0.25, 0.3) is 0 Å². The molecule has 6 heteroatoms. The third-order valence-corrected chi connectivity index (χ3v) is 3.01. The standard InChI is InChI=1S/C14H11ClF2N2O/c1-7-2-3-9(10(15)4-7)14(20)19-13-11(17)5-8(16)6-12(13)18/h2-6H,18H2,1H3,(H,19,20). The molecule has 0 fully saturated rings. The highest BCUT2D eigenvalue weighted by molar-refractivity contribution is 6.34. The number of rotatable bonds is 2. The molecule has 2 aromatic rings. The summed E-state index contributed by atoms with van der Waals surface area (Å²) in [5.74, 6) is -2.38. The molecule has 0 bridgehead atoms. The maximum Gasteiger partial charge on any atom is 0.257 e. The van der Waals surface area contributed by atoms with Gasteiger partial charge in [0.15, 0.2) is 5.82 Å². The number of nitrogens with one attached hydrogen (secondary N) is 1. The van der Waals surface area contributed by atoms with Gasteiger partial charge in [-0.15, -0.1) is 0 Å². The minimum atomic E-state index is -0.945. The fourth-order valence-corrected chi connectivity index (χ4v) is 2.03. The minimum absolute atomic E-state index is 0.181. The van der Waals surface area contributed by atoms with Gasteiger partial charge in [0.05, 0.1) is 16.3 Å². The van der Waals surface area contributed by atoms with Crippen LogP contribution in [0.15, 0.2) is 30.3 Å². The number of carbonyl (C=O) groups excluding carboxylic acids is 1. The predicted octanol–water partition coefficient (Wildman–Crippen LogP) is 3.76. The van der Waals surface area contributed by atoms with Gasteiger partial charge in [0, 0.05) is 6.07 Å². The molecule has 0 saturated heterocycles. The number of nitrogen functional groups attached to an aromatic ring is 1. The number of aryl methyl sites for hydroxylation is 1. The van der Waals surface area contributed by atoms with Crippen LogP contribution in [0, 0.1) is 18.6 Å². The summed E-state index contributed by atoms with van der Waals surface area (Å²) in [6, 6.07) is 6.40. The highest BCUT2D eigenvalue weighted by Gasteiger charge is 2.15. The Morgan fingerprint density at radius 2 is 1.95 bits per heavy atom. The Hall–Kier alpha value is -2.14. The summed E-state index contributed by atoms with van der Waals surface area (Å²) in [6.07, 6.45) is 0. The topological polar surface area (TPSA) is 55.1 Å². The van der Waals surface area contributed by atoms with E-state index in [2.05, 4.69) is 5.32 Å². The molecule has 0 atom stereocenters. The van der Waals surface area contributed by atoms with Crippen molar-refractivity contribution in [3.8, 4) is 0 Å². The van der Waals surface area contributed by atoms with E-state index < -0.39 is 17.5 Å². The molecule has 2 aromatic carbocycles. The second-order valence-electron chi connectivity index (χ2n) is 4.29. The average Bonchev–Trinajstić information content (AvgIpc) is 2.33. The summed E-state index contributed by atoms with van der Waals surface area (Å²) in [6.45, 7) is 1.82. The van der Waals surface area contributed by atoms with Gasteiger partial charge in [-0.2, -0.15) is 0 Å². The lowest BCUT2D eigenvalue weighted by Crippen LogP contribution is -2.15. The zero-order valence-electron chi connectivity index (χ0n) is 10.5. The summed E-state index contributed by atoms with van der Waals surface area (Å²) in [5.41, 5.74) is 6.09. The van der Waals surface area contributed by atoms with E-state index in [0.29, 0.717) is 6.07 Å². The molecule has 3 N–H and O–H groups in total. The van der Waals surface area contributed by atoms with E-state index in [1.165, 1.54) is 6.07 Å². The van der Waals surface area contributed by atoms with E-state index >= 15 is 0 Å². The number of benzene rings is 2. The van der Waals surface area contributed by atoms with Crippen molar-refractivity contribution in [3.63, 3.8) is 0 Å². The van der Waals surface area contributed by atoms with E-state index in [0.717, 1.165) is 11.6 Å². The van der Waals surface area contributed by atoms with E-state index in [1.54, 1.807) is 12.1 Å². The van der Waals surface area contributed by atoms with Gasteiger partial charge < -0.3 is 11.1 Å². The Labute approximate surface area is 119 Å². The minimum Gasteiger partial charge on any atom is -0.397 e. The monoisotopic (exact) mass is 296 g/mol. The molecule has 20 heavy (non-hydrogen) atoms. The number of hydrogen-bond acceptors (Lipinski definition) is 2. The third-order valence-electron chi connectivity index (χ3n) is 2.69. The van der Waals surface area contributed by atoms with Gasteiger partial charge in [-0.1, -0.05) is 17.7 Å². The largest absolute Gasteiger partial charge is 0.397 e. The van der Waals surface area contributed by atoms with E-state index in [1.807, 2.05) is 6.92 Å². The van der Waals surface area contributed by atoms with Gasteiger partial charge >= 0.3 is 0 Å². The molecule has 104 valence electrons. The van der Waals surface area contributed by atoms with Crippen molar-refractivity contribution in [2.24, 2.45) is 0 Å². The lowest BCUT2D eigenvalue weighted by atomic mass is 10.1. The lowest BCUT2D eigenvalue weighted by Gasteiger charge is -2.10. The van der Waals surface area contributed by atoms with Crippen molar-refractivity contribution < 1.29 is 13.6 Å². The fraction of sp³-hybridized carbons (Fsp3) is 0.0714. The van der Waals surface area contributed by atoms with Crippen LogP contribution >= 0.6 is 11.6 Å². The van der Waals surface area contributed by atoms with Gasteiger partial charge in [-0.3, -0.25) is 4.79 Å². The molecule has 0 radical (unpaired) electrons. The number of hydrogen-bond donors (Lipinski definition) is 2. The first kappa shape index (κ1) is 14.3. The number of anilines is 2. The van der Waals surface area contributed by atoms with Crippen molar-refractivity contribution in [2.75, 3.05) is 11.1 Å². The normalized spacial score (nSPS) is 10.4. The zero-order valence-corrected chi connectivity index (χ0v) is 11.3. The Morgan fingerprint density at radius 1 is 1.25 bits per heavy atom. The first-order valence-corrected chi connectivity index (χ1v) is 6.08. The van der Waals surface area contributed by atoms with Crippen molar-refractivity contribution in [3.05, 3.63) is 58.1 Å². The van der Waals surface area contributed by atoms with Crippen LogP contribution in [0.3, 0.4) is 0 Å². The lowest BCUT2D eigenvalue weighted by molar-refractivity contribution is 0.102. The van der Waals surface area contributed by atoms with Crippen LogP contribution in [0.4, 0.5) is 20.2 Å². The van der Waals surface area contributed by atoms with Gasteiger partial charge in [0.25, 0.3) is 5.91 Å². The zero-order chi connectivity index (χ0) is 14.9. The van der Waals surface area contributed by atoms with Crippen LogP contribution in [-0.2, 0) is 0 Å². The van der Waals surface area contributed by atoms with Crippen molar-refractivity contribution in [1.82, 2.24) is 0 Å². The Kier molecular flexibility index (Phi) is 3.90. The summed E-state index contributed by atoms with van der Waals surface area (Å²) in [5, 5.41) is 2.53. The van der Waals surface area contributed by atoms with Crippen LogP contribution in [0.1, 0.15) is 15.9 Å². The highest BCUT2D eigenvalue weighted by Crippen LogP contribution is 2.26. The number of amides is 1. The maximum absolute atomic E-state index is 13.6. The van der Waals surface area contributed by atoms with Gasteiger partial charge in [0.1, 0.15) is 11.5 Å². The molecular weight excluding hydrogens is 286 g/mol. The molecule has 0 aromatic heterocycles.